The van der Waals surface area contributed by atoms with Gasteiger partial charge in [-0.3, -0.25) is 14.6 Å². The summed E-state index contributed by atoms with van der Waals surface area (Å²) in [6.07, 6.45) is 4.92. The Kier molecular flexibility index (Phi) is 6.80. The van der Waals surface area contributed by atoms with Crippen LogP contribution in [0.1, 0.15) is 28.3 Å². The van der Waals surface area contributed by atoms with Crippen molar-refractivity contribution < 1.29 is 19.4 Å². The molecule has 0 saturated carbocycles. The SMILES string of the molecule is C=CCOc1ccc(C(O)=C2C(=O)C(=O)N(Cc3cccnc3)[C@@H]2c2ccc(Cl)cc2)c(C)c1. The number of aliphatic hydroxyl groups is 1. The Hall–Kier alpha value is -3.90. The summed E-state index contributed by atoms with van der Waals surface area (Å²) >= 11 is 6.07. The number of aliphatic hydroxyl groups excluding tert-OH is 1. The molecule has 7 heteroatoms. The van der Waals surface area contributed by atoms with E-state index >= 15 is 0 Å². The van der Waals surface area contributed by atoms with E-state index in [2.05, 4.69) is 11.6 Å². The van der Waals surface area contributed by atoms with Crippen LogP contribution in [0.15, 0.2) is 85.2 Å². The highest BCUT2D eigenvalue weighted by Gasteiger charge is 2.46. The molecule has 1 saturated heterocycles. The fraction of sp³-hybridized carbons (Fsp3) is 0.148. The number of rotatable bonds is 7. The van der Waals surface area contributed by atoms with Gasteiger partial charge in [-0.25, -0.2) is 0 Å². The van der Waals surface area contributed by atoms with Crippen molar-refractivity contribution in [2.45, 2.75) is 19.5 Å². The van der Waals surface area contributed by atoms with Crippen LogP contribution in [0.5, 0.6) is 5.75 Å². The maximum Gasteiger partial charge on any atom is 0.295 e. The second kappa shape index (κ2) is 9.93. The van der Waals surface area contributed by atoms with Crippen LogP contribution in [-0.4, -0.2) is 33.3 Å². The number of benzene rings is 2. The van der Waals surface area contributed by atoms with E-state index in [1.165, 1.54) is 4.90 Å². The molecule has 1 atom stereocenters. The minimum Gasteiger partial charge on any atom is -0.507 e. The molecule has 1 aromatic heterocycles. The first kappa shape index (κ1) is 23.3. The zero-order valence-corrected chi connectivity index (χ0v) is 19.3. The second-order valence-electron chi connectivity index (χ2n) is 7.92. The van der Waals surface area contributed by atoms with Crippen LogP contribution in [-0.2, 0) is 16.1 Å². The zero-order chi connectivity index (χ0) is 24.2. The number of hydrogen-bond acceptors (Lipinski definition) is 5. The fourth-order valence-corrected chi connectivity index (χ4v) is 4.14. The lowest BCUT2D eigenvalue weighted by molar-refractivity contribution is -0.140. The molecule has 2 aromatic carbocycles. The summed E-state index contributed by atoms with van der Waals surface area (Å²) in [7, 11) is 0. The average molecular weight is 475 g/mol. The first-order chi connectivity index (χ1) is 16.4. The fourth-order valence-electron chi connectivity index (χ4n) is 4.01. The van der Waals surface area contributed by atoms with E-state index in [1.807, 2.05) is 6.07 Å². The minimum absolute atomic E-state index is 0.0269. The summed E-state index contributed by atoms with van der Waals surface area (Å²) in [4.78, 5) is 31.9. The lowest BCUT2D eigenvalue weighted by atomic mass is 9.94. The van der Waals surface area contributed by atoms with E-state index in [-0.39, 0.29) is 17.9 Å². The van der Waals surface area contributed by atoms with E-state index in [1.54, 1.807) is 73.9 Å². The largest absolute Gasteiger partial charge is 0.507 e. The third-order valence-electron chi connectivity index (χ3n) is 5.62. The quantitative estimate of drug-likeness (QED) is 0.219. The topological polar surface area (TPSA) is 79.7 Å². The number of halogens is 1. The summed E-state index contributed by atoms with van der Waals surface area (Å²) in [6.45, 7) is 5.95. The van der Waals surface area contributed by atoms with Crippen molar-refractivity contribution in [3.8, 4) is 5.75 Å². The number of pyridine rings is 1. The molecule has 3 aromatic rings. The predicted octanol–water partition coefficient (Wildman–Crippen LogP) is 5.23. The number of hydrogen-bond donors (Lipinski definition) is 1. The molecule has 1 aliphatic rings. The number of ketones is 1. The molecule has 1 fully saturated rings. The van der Waals surface area contributed by atoms with Gasteiger partial charge in [0, 0.05) is 29.5 Å². The van der Waals surface area contributed by atoms with Crippen LogP contribution < -0.4 is 4.74 Å². The summed E-state index contributed by atoms with van der Waals surface area (Å²) in [6, 6.07) is 14.8. The third kappa shape index (κ3) is 4.58. The van der Waals surface area contributed by atoms with Gasteiger partial charge in [-0.2, -0.15) is 0 Å². The molecule has 0 spiro atoms. The molecule has 0 aliphatic carbocycles. The van der Waals surface area contributed by atoms with E-state index in [0.717, 1.165) is 5.56 Å². The van der Waals surface area contributed by atoms with Gasteiger partial charge in [0.05, 0.1) is 11.6 Å². The molecule has 0 bridgehead atoms. The Bertz CT molecular complexity index is 1270. The van der Waals surface area contributed by atoms with Gasteiger partial charge in [0.15, 0.2) is 0 Å². The molecule has 1 amide bonds. The van der Waals surface area contributed by atoms with E-state index in [9.17, 15) is 14.7 Å². The van der Waals surface area contributed by atoms with Crippen molar-refractivity contribution in [1.82, 2.24) is 9.88 Å². The van der Waals surface area contributed by atoms with Gasteiger partial charge in [-0.15, -0.1) is 0 Å². The van der Waals surface area contributed by atoms with E-state index in [0.29, 0.717) is 34.1 Å². The maximum absolute atomic E-state index is 13.2. The van der Waals surface area contributed by atoms with Crippen LogP contribution in [0.25, 0.3) is 5.76 Å². The molecule has 34 heavy (non-hydrogen) atoms. The molecular weight excluding hydrogens is 452 g/mol. The second-order valence-corrected chi connectivity index (χ2v) is 8.35. The minimum atomic E-state index is -0.784. The smallest absolute Gasteiger partial charge is 0.295 e. The van der Waals surface area contributed by atoms with E-state index in [4.69, 9.17) is 16.3 Å². The first-order valence-corrected chi connectivity index (χ1v) is 11.1. The summed E-state index contributed by atoms with van der Waals surface area (Å²) in [5.41, 5.74) is 2.61. The standard InChI is InChI=1S/C27H23ClN2O4/c1-3-13-34-21-10-11-22(17(2)14-21)25(31)23-24(19-6-8-20(28)9-7-19)30(27(33)26(23)32)16-18-5-4-12-29-15-18/h3-12,14-15,24,31H,1,13,16H2,2H3/t24-/m1/s1. The highest BCUT2D eigenvalue weighted by Crippen LogP contribution is 2.41. The molecule has 6 nitrogen and oxygen atoms in total. The van der Waals surface area contributed by atoms with Crippen molar-refractivity contribution in [1.29, 1.82) is 0 Å². The number of likely N-dealkylation sites (tertiary alicyclic amines) is 1. The normalized spacial score (nSPS) is 17.1. The first-order valence-electron chi connectivity index (χ1n) is 10.7. The highest BCUT2D eigenvalue weighted by molar-refractivity contribution is 6.46. The molecular formula is C27H23ClN2O4. The Morgan fingerprint density at radius 2 is 1.97 bits per heavy atom. The lowest BCUT2D eigenvalue weighted by Crippen LogP contribution is -2.29. The predicted molar refractivity (Wildman–Crippen MR) is 130 cm³/mol. The van der Waals surface area contributed by atoms with Crippen molar-refractivity contribution in [3.05, 3.63) is 112 Å². The van der Waals surface area contributed by atoms with Gasteiger partial charge < -0.3 is 14.7 Å². The van der Waals surface area contributed by atoms with Gasteiger partial charge >= 0.3 is 0 Å². The number of amides is 1. The third-order valence-corrected chi connectivity index (χ3v) is 5.87. The average Bonchev–Trinajstić information content (AvgIpc) is 3.08. The van der Waals surface area contributed by atoms with Crippen molar-refractivity contribution in [2.24, 2.45) is 0 Å². The van der Waals surface area contributed by atoms with Crippen LogP contribution in [0.3, 0.4) is 0 Å². The van der Waals surface area contributed by atoms with Crippen molar-refractivity contribution >= 4 is 29.1 Å². The molecule has 0 radical (unpaired) electrons. The maximum atomic E-state index is 13.2. The highest BCUT2D eigenvalue weighted by atomic mass is 35.5. The van der Waals surface area contributed by atoms with Crippen LogP contribution in [0.4, 0.5) is 0 Å². The van der Waals surface area contributed by atoms with Crippen LogP contribution >= 0.6 is 11.6 Å². The van der Waals surface area contributed by atoms with E-state index < -0.39 is 17.7 Å². The number of ether oxygens (including phenoxy) is 1. The molecule has 0 unspecified atom stereocenters. The number of nitrogens with zero attached hydrogens (tertiary/aromatic N) is 2. The number of carbonyl (C=O) groups is 2. The van der Waals surface area contributed by atoms with Crippen LogP contribution in [0.2, 0.25) is 5.02 Å². The molecule has 2 heterocycles. The zero-order valence-electron chi connectivity index (χ0n) is 18.6. The molecule has 1 N–H and O–H groups in total. The molecule has 4 rings (SSSR count). The van der Waals surface area contributed by atoms with Gasteiger partial charge in [-0.1, -0.05) is 42.5 Å². The monoisotopic (exact) mass is 474 g/mol. The van der Waals surface area contributed by atoms with Gasteiger partial charge in [0.25, 0.3) is 11.7 Å². The number of carbonyl (C=O) groups excluding carboxylic acids is 2. The number of aromatic nitrogens is 1. The molecule has 1 aliphatic heterocycles. The van der Waals surface area contributed by atoms with Crippen LogP contribution in [0, 0.1) is 6.92 Å². The van der Waals surface area contributed by atoms with Gasteiger partial charge in [-0.05, 0) is 60.0 Å². The van der Waals surface area contributed by atoms with Gasteiger partial charge in [0.1, 0.15) is 18.1 Å². The van der Waals surface area contributed by atoms with Crippen molar-refractivity contribution in [2.75, 3.05) is 6.61 Å². The Morgan fingerprint density at radius 3 is 2.62 bits per heavy atom. The Labute approximate surface area is 202 Å². The lowest BCUT2D eigenvalue weighted by Gasteiger charge is -2.25. The summed E-state index contributed by atoms with van der Waals surface area (Å²) in [5, 5.41) is 11.8. The summed E-state index contributed by atoms with van der Waals surface area (Å²) < 4.78 is 5.56. The molecule has 172 valence electrons. The Morgan fingerprint density at radius 1 is 1.21 bits per heavy atom. The number of aryl methyl sites for hydroxylation is 1. The Balaban J connectivity index is 1.82. The van der Waals surface area contributed by atoms with Gasteiger partial charge in [0.2, 0.25) is 0 Å². The van der Waals surface area contributed by atoms with Crippen molar-refractivity contribution in [3.63, 3.8) is 0 Å². The summed E-state index contributed by atoms with van der Waals surface area (Å²) in [5.74, 6) is -1.05. The number of Topliss-reactive ketones (excluding diaryl/α,β-unsaturated/α-hetero) is 1.